The molecule has 1 aliphatic heterocycles. The monoisotopic (exact) mass is 433 g/mol. The molecule has 5 heteroatoms. The fraction of sp³-hybridized carbons (Fsp3) is 0.269. The summed E-state index contributed by atoms with van der Waals surface area (Å²) in [6.07, 6.45) is 3.63. The van der Waals surface area contributed by atoms with Gasteiger partial charge in [-0.2, -0.15) is 0 Å². The van der Waals surface area contributed by atoms with Crippen LogP contribution in [0, 0.1) is 0 Å². The van der Waals surface area contributed by atoms with Crippen LogP contribution in [0.4, 0.5) is 5.00 Å². The highest BCUT2D eigenvalue weighted by Gasteiger charge is 2.41. The topological polar surface area (TPSA) is 60.8 Å². The summed E-state index contributed by atoms with van der Waals surface area (Å²) < 4.78 is 0. The normalized spacial score (nSPS) is 18.5. The van der Waals surface area contributed by atoms with Crippen molar-refractivity contribution < 1.29 is 15.0 Å². The summed E-state index contributed by atoms with van der Waals surface area (Å²) in [5.74, 6) is -0.178. The molecule has 2 aromatic carbocycles. The smallest absolute Gasteiger partial charge is 0.328 e. The zero-order valence-corrected chi connectivity index (χ0v) is 18.8. The van der Waals surface area contributed by atoms with Crippen LogP contribution < -0.4 is 4.90 Å². The molecule has 31 heavy (non-hydrogen) atoms. The molecule has 2 N–H and O–H groups in total. The number of rotatable bonds is 5. The molecule has 160 valence electrons. The Labute approximate surface area is 187 Å². The zero-order valence-electron chi connectivity index (χ0n) is 18.0. The van der Waals surface area contributed by atoms with Crippen molar-refractivity contribution in [3.8, 4) is 5.75 Å². The van der Waals surface area contributed by atoms with Crippen molar-refractivity contribution in [2.75, 3.05) is 11.4 Å². The average molecular weight is 434 g/mol. The van der Waals surface area contributed by atoms with Crippen LogP contribution in [0.5, 0.6) is 5.75 Å². The minimum absolute atomic E-state index is 0.293. The molecule has 3 aromatic rings. The molecule has 1 atom stereocenters. The Kier molecular flexibility index (Phi) is 5.63. The van der Waals surface area contributed by atoms with E-state index in [4.69, 9.17) is 5.11 Å². The molecule has 0 saturated carbocycles. The van der Waals surface area contributed by atoms with Gasteiger partial charge in [-0.1, -0.05) is 44.2 Å². The van der Waals surface area contributed by atoms with Gasteiger partial charge in [0.2, 0.25) is 0 Å². The second kappa shape index (κ2) is 8.23. The molecule has 0 saturated heterocycles. The highest BCUT2D eigenvalue weighted by molar-refractivity contribution is 7.16. The Morgan fingerprint density at radius 3 is 2.52 bits per heavy atom. The lowest BCUT2D eigenvalue weighted by Gasteiger charge is -2.47. The van der Waals surface area contributed by atoms with E-state index in [2.05, 4.69) is 49.9 Å². The minimum Gasteiger partial charge on any atom is -0.508 e. The Morgan fingerprint density at radius 2 is 1.87 bits per heavy atom. The molecular weight excluding hydrogens is 406 g/mol. The van der Waals surface area contributed by atoms with Crippen LogP contribution in [0.1, 0.15) is 53.8 Å². The standard InChI is InChI=1S/C26H27NO3S/c1-17(2)23-11-12-24(31-23)27-15-14-19-16-21(28)9-10-22(19)26(27,3)20-7-4-18(5-8-20)6-13-25(29)30/h4-13,16-17,28H,14-15H2,1-3H3,(H,29,30)/b13-6+/t26-/m0/s1. The number of benzene rings is 2. The first kappa shape index (κ1) is 21.2. The van der Waals surface area contributed by atoms with Crippen molar-refractivity contribution in [1.29, 1.82) is 0 Å². The Morgan fingerprint density at radius 1 is 1.13 bits per heavy atom. The molecule has 0 spiro atoms. The third-order valence-corrected chi connectivity index (χ3v) is 7.51. The molecule has 4 nitrogen and oxygen atoms in total. The molecule has 0 fully saturated rings. The van der Waals surface area contributed by atoms with Crippen LogP contribution in [0.15, 0.2) is 60.7 Å². The number of carboxylic acid groups (broad SMARTS) is 1. The first-order chi connectivity index (χ1) is 14.8. The highest BCUT2D eigenvalue weighted by atomic mass is 32.1. The fourth-order valence-electron chi connectivity index (χ4n) is 4.39. The summed E-state index contributed by atoms with van der Waals surface area (Å²) in [4.78, 5) is 14.7. The number of hydrogen-bond acceptors (Lipinski definition) is 4. The van der Waals surface area contributed by atoms with E-state index in [1.165, 1.54) is 15.4 Å². The molecule has 1 aromatic heterocycles. The lowest BCUT2D eigenvalue weighted by molar-refractivity contribution is -0.131. The number of phenols is 1. The van der Waals surface area contributed by atoms with Gasteiger partial charge in [0.25, 0.3) is 0 Å². The van der Waals surface area contributed by atoms with E-state index in [1.54, 1.807) is 12.1 Å². The zero-order chi connectivity index (χ0) is 22.2. The van der Waals surface area contributed by atoms with Gasteiger partial charge in [0, 0.05) is 17.5 Å². The minimum atomic E-state index is -0.957. The molecule has 4 rings (SSSR count). The molecule has 0 amide bonds. The van der Waals surface area contributed by atoms with E-state index in [0.29, 0.717) is 11.7 Å². The van der Waals surface area contributed by atoms with E-state index < -0.39 is 11.5 Å². The fourth-order valence-corrected chi connectivity index (χ4v) is 5.52. The van der Waals surface area contributed by atoms with E-state index >= 15 is 0 Å². The van der Waals surface area contributed by atoms with Gasteiger partial charge in [-0.3, -0.25) is 0 Å². The summed E-state index contributed by atoms with van der Waals surface area (Å²) in [6, 6.07) is 18.2. The summed E-state index contributed by atoms with van der Waals surface area (Å²) in [7, 11) is 0. The van der Waals surface area contributed by atoms with E-state index in [-0.39, 0.29) is 0 Å². The number of anilines is 1. The number of phenolic OH excluding ortho intramolecular Hbond substituents is 1. The van der Waals surface area contributed by atoms with E-state index in [1.807, 2.05) is 35.6 Å². The van der Waals surface area contributed by atoms with E-state index in [0.717, 1.165) is 35.7 Å². The number of hydrogen-bond donors (Lipinski definition) is 2. The van der Waals surface area contributed by atoms with Gasteiger partial charge in [0.05, 0.1) is 10.5 Å². The maximum Gasteiger partial charge on any atom is 0.328 e. The number of aromatic hydroxyl groups is 1. The van der Waals surface area contributed by atoms with Gasteiger partial charge in [-0.25, -0.2) is 4.79 Å². The maximum atomic E-state index is 10.8. The first-order valence-corrected chi connectivity index (χ1v) is 11.3. The predicted octanol–water partition coefficient (Wildman–Crippen LogP) is 6.00. The van der Waals surface area contributed by atoms with Crippen molar-refractivity contribution in [2.45, 2.75) is 38.6 Å². The molecular formula is C26H27NO3S. The predicted molar refractivity (Wildman–Crippen MR) is 127 cm³/mol. The lowest BCUT2D eigenvalue weighted by atomic mass is 9.77. The Bertz CT molecular complexity index is 1130. The number of carbonyl (C=O) groups is 1. The number of carboxylic acids is 1. The molecule has 0 aliphatic carbocycles. The van der Waals surface area contributed by atoms with Crippen molar-refractivity contribution in [3.63, 3.8) is 0 Å². The first-order valence-electron chi connectivity index (χ1n) is 10.5. The largest absolute Gasteiger partial charge is 0.508 e. The van der Waals surface area contributed by atoms with Crippen LogP contribution in [-0.4, -0.2) is 22.7 Å². The van der Waals surface area contributed by atoms with Gasteiger partial charge >= 0.3 is 5.97 Å². The average Bonchev–Trinajstić information content (AvgIpc) is 3.23. The summed E-state index contributed by atoms with van der Waals surface area (Å²) in [5.41, 5.74) is 3.92. The Balaban J connectivity index is 1.82. The van der Waals surface area contributed by atoms with Crippen LogP contribution >= 0.6 is 11.3 Å². The molecule has 0 radical (unpaired) electrons. The summed E-state index contributed by atoms with van der Waals surface area (Å²) >= 11 is 1.84. The van der Waals surface area contributed by atoms with Crippen molar-refractivity contribution in [1.82, 2.24) is 0 Å². The lowest BCUT2D eigenvalue weighted by Crippen LogP contribution is -2.49. The van der Waals surface area contributed by atoms with Crippen molar-refractivity contribution in [3.05, 3.63) is 87.8 Å². The van der Waals surface area contributed by atoms with Crippen LogP contribution in [0.2, 0.25) is 0 Å². The third-order valence-electron chi connectivity index (χ3n) is 6.10. The molecule has 2 heterocycles. The van der Waals surface area contributed by atoms with Crippen molar-refractivity contribution >= 4 is 28.4 Å². The number of aliphatic carboxylic acids is 1. The molecule has 0 unspecified atom stereocenters. The highest BCUT2D eigenvalue weighted by Crippen LogP contribution is 2.46. The van der Waals surface area contributed by atoms with E-state index in [9.17, 15) is 9.90 Å². The SMILES string of the molecule is CC(C)c1ccc(N2CCc3cc(O)ccc3[C@]2(C)c2ccc(/C=C/C(=O)O)cc2)s1. The van der Waals surface area contributed by atoms with Gasteiger partial charge in [0.1, 0.15) is 5.75 Å². The summed E-state index contributed by atoms with van der Waals surface area (Å²) in [5, 5.41) is 20.2. The Hall–Kier alpha value is -3.05. The van der Waals surface area contributed by atoms with Crippen LogP contribution in [0.25, 0.3) is 6.08 Å². The van der Waals surface area contributed by atoms with Crippen LogP contribution in [0.3, 0.4) is 0 Å². The number of thiophene rings is 1. The van der Waals surface area contributed by atoms with Crippen LogP contribution in [-0.2, 0) is 16.8 Å². The maximum absolute atomic E-state index is 10.8. The number of fused-ring (bicyclic) bond motifs is 1. The number of nitrogens with zero attached hydrogens (tertiary/aromatic N) is 1. The second-order valence-electron chi connectivity index (χ2n) is 8.44. The van der Waals surface area contributed by atoms with Gasteiger partial charge in [0.15, 0.2) is 0 Å². The molecule has 1 aliphatic rings. The molecule has 0 bridgehead atoms. The van der Waals surface area contributed by atoms with Gasteiger partial charge in [-0.05, 0) is 71.9 Å². The van der Waals surface area contributed by atoms with Gasteiger partial charge in [-0.15, -0.1) is 11.3 Å². The second-order valence-corrected chi connectivity index (χ2v) is 9.53. The quantitative estimate of drug-likeness (QED) is 0.485. The van der Waals surface area contributed by atoms with Crippen molar-refractivity contribution in [2.24, 2.45) is 0 Å². The third kappa shape index (κ3) is 3.98. The van der Waals surface area contributed by atoms with Gasteiger partial charge < -0.3 is 15.1 Å². The summed E-state index contributed by atoms with van der Waals surface area (Å²) in [6.45, 7) is 7.52.